The Labute approximate surface area is 223 Å². The summed E-state index contributed by atoms with van der Waals surface area (Å²) in [5, 5.41) is 0.626. The molecule has 194 valence electrons. The van der Waals surface area contributed by atoms with Gasteiger partial charge in [0.1, 0.15) is 0 Å². The Morgan fingerprint density at radius 3 is 2.35 bits per heavy atom. The molecule has 2 N–H and O–H groups in total. The fraction of sp³-hybridized carbons (Fsp3) is 0.333. The van der Waals surface area contributed by atoms with Crippen LogP contribution >= 0.6 is 11.6 Å². The van der Waals surface area contributed by atoms with Crippen LogP contribution in [0.3, 0.4) is 0 Å². The number of nitrogens with two attached hydrogens (primary N) is 1. The second-order valence-electron chi connectivity index (χ2n) is 9.60. The van der Waals surface area contributed by atoms with Gasteiger partial charge in [0.2, 0.25) is 11.8 Å². The number of anilines is 1. The van der Waals surface area contributed by atoms with Gasteiger partial charge < -0.3 is 20.1 Å². The highest BCUT2D eigenvalue weighted by Crippen LogP contribution is 2.44. The Balaban J connectivity index is 1.82. The molecular weight excluding hydrogens is 488 g/mol. The quantitative estimate of drug-likeness (QED) is 0.365. The molecule has 4 rings (SSSR count). The third-order valence-corrected chi connectivity index (χ3v) is 7.18. The van der Waals surface area contributed by atoms with Gasteiger partial charge in [0, 0.05) is 17.1 Å². The Kier molecular flexibility index (Phi) is 8.08. The zero-order chi connectivity index (χ0) is 26.7. The van der Waals surface area contributed by atoms with Crippen molar-refractivity contribution in [1.82, 2.24) is 0 Å². The lowest BCUT2D eigenvalue weighted by molar-refractivity contribution is -0.119. The van der Waals surface area contributed by atoms with E-state index in [-0.39, 0.29) is 42.7 Å². The van der Waals surface area contributed by atoms with Gasteiger partial charge in [-0.1, -0.05) is 49.7 Å². The van der Waals surface area contributed by atoms with E-state index in [1.165, 1.54) is 0 Å². The van der Waals surface area contributed by atoms with Crippen LogP contribution in [0.25, 0.3) is 0 Å². The van der Waals surface area contributed by atoms with E-state index in [1.54, 1.807) is 7.11 Å². The van der Waals surface area contributed by atoms with Gasteiger partial charge in [0.25, 0.3) is 0 Å². The van der Waals surface area contributed by atoms with Crippen molar-refractivity contribution in [2.45, 2.75) is 58.1 Å². The van der Waals surface area contributed by atoms with Gasteiger partial charge >= 0.3 is 0 Å². The average Bonchev–Trinajstić information content (AvgIpc) is 2.88. The molecule has 0 aromatic heterocycles. The largest absolute Gasteiger partial charge is 0.493 e. The summed E-state index contributed by atoms with van der Waals surface area (Å²) in [5.41, 5.74) is 9.96. The second-order valence-corrected chi connectivity index (χ2v) is 10.0. The summed E-state index contributed by atoms with van der Waals surface area (Å²) < 4.78 is 11.8. The standard InChI is InChI=1S/C30H33ClN2O4/c1-5-19(3)37-27-17-25-22(15-26(27)36-4)16-29(35)33(30(25)21-6-10-23(31)11-7-21)24-12-8-20(9-13-24)18(2)14-28(32)34/h6-13,15,17-19,30H,5,14,16H2,1-4H3,(H2,32,34)/t18?,19-,30?/m1/s1. The predicted octanol–water partition coefficient (Wildman–Crippen LogP) is 6.18. The highest BCUT2D eigenvalue weighted by Gasteiger charge is 2.36. The molecule has 2 amide bonds. The number of carbonyl (C=O) groups is 2. The van der Waals surface area contributed by atoms with Crippen molar-refractivity contribution in [3.63, 3.8) is 0 Å². The summed E-state index contributed by atoms with van der Waals surface area (Å²) in [4.78, 5) is 26.9. The number of primary amides is 1. The molecule has 0 saturated heterocycles. The number of hydrogen-bond acceptors (Lipinski definition) is 4. The molecule has 0 fully saturated rings. The Hall–Kier alpha value is -3.51. The Morgan fingerprint density at radius 2 is 1.76 bits per heavy atom. The molecule has 37 heavy (non-hydrogen) atoms. The first-order chi connectivity index (χ1) is 17.7. The minimum atomic E-state index is -0.382. The summed E-state index contributed by atoms with van der Waals surface area (Å²) in [5.74, 6) is 0.891. The maximum Gasteiger partial charge on any atom is 0.232 e. The highest BCUT2D eigenvalue weighted by atomic mass is 35.5. The van der Waals surface area contributed by atoms with E-state index in [0.717, 1.165) is 34.4 Å². The highest BCUT2D eigenvalue weighted by molar-refractivity contribution is 6.30. The van der Waals surface area contributed by atoms with Crippen molar-refractivity contribution >= 4 is 29.1 Å². The maximum absolute atomic E-state index is 13.6. The van der Waals surface area contributed by atoms with Crippen molar-refractivity contribution in [3.05, 3.63) is 87.9 Å². The van der Waals surface area contributed by atoms with Gasteiger partial charge in [-0.2, -0.15) is 0 Å². The molecule has 2 unspecified atom stereocenters. The smallest absolute Gasteiger partial charge is 0.232 e. The average molecular weight is 521 g/mol. The molecule has 7 heteroatoms. The SMILES string of the molecule is CC[C@@H](C)Oc1cc2c(cc1OC)CC(=O)N(c1ccc(C(C)CC(N)=O)cc1)C2c1ccc(Cl)cc1. The van der Waals surface area contributed by atoms with E-state index in [2.05, 4.69) is 6.92 Å². The maximum atomic E-state index is 13.6. The molecule has 0 radical (unpaired) electrons. The lowest BCUT2D eigenvalue weighted by Gasteiger charge is -2.38. The minimum absolute atomic E-state index is 0.0101. The Morgan fingerprint density at radius 1 is 1.08 bits per heavy atom. The lowest BCUT2D eigenvalue weighted by atomic mass is 9.86. The number of hydrogen-bond donors (Lipinski definition) is 1. The van der Waals surface area contributed by atoms with E-state index in [4.69, 9.17) is 26.8 Å². The first kappa shape index (κ1) is 26.6. The van der Waals surface area contributed by atoms with Crippen molar-refractivity contribution in [3.8, 4) is 11.5 Å². The lowest BCUT2D eigenvalue weighted by Crippen LogP contribution is -2.41. The number of methoxy groups -OCH3 is 1. The van der Waals surface area contributed by atoms with Crippen molar-refractivity contribution in [2.75, 3.05) is 12.0 Å². The predicted molar refractivity (Wildman–Crippen MR) is 147 cm³/mol. The summed E-state index contributed by atoms with van der Waals surface area (Å²) in [6.07, 6.45) is 1.37. The monoisotopic (exact) mass is 520 g/mol. The van der Waals surface area contributed by atoms with Crippen LogP contribution in [0.15, 0.2) is 60.7 Å². The molecule has 1 aliphatic heterocycles. The van der Waals surface area contributed by atoms with Gasteiger partial charge in [-0.3, -0.25) is 9.59 Å². The molecule has 3 atom stereocenters. The number of amides is 2. The topological polar surface area (TPSA) is 81.9 Å². The molecule has 3 aromatic rings. The van der Waals surface area contributed by atoms with Crippen LogP contribution in [0.4, 0.5) is 5.69 Å². The molecule has 1 aliphatic rings. The number of halogens is 1. The van der Waals surface area contributed by atoms with Gasteiger partial charge in [-0.25, -0.2) is 0 Å². The molecule has 3 aromatic carbocycles. The third-order valence-electron chi connectivity index (χ3n) is 6.93. The molecule has 0 aliphatic carbocycles. The molecule has 0 saturated carbocycles. The molecule has 6 nitrogen and oxygen atoms in total. The summed E-state index contributed by atoms with van der Waals surface area (Å²) in [6.45, 7) is 6.05. The fourth-order valence-electron chi connectivity index (χ4n) is 4.76. The van der Waals surface area contributed by atoms with E-state index < -0.39 is 0 Å². The zero-order valence-electron chi connectivity index (χ0n) is 21.7. The molecule has 0 spiro atoms. The number of benzene rings is 3. The number of ether oxygens (including phenoxy) is 2. The van der Waals surface area contributed by atoms with E-state index in [1.807, 2.05) is 79.4 Å². The van der Waals surface area contributed by atoms with Crippen LogP contribution in [-0.4, -0.2) is 25.0 Å². The van der Waals surface area contributed by atoms with Gasteiger partial charge in [-0.15, -0.1) is 0 Å². The number of carbonyl (C=O) groups excluding carboxylic acids is 2. The molecule has 1 heterocycles. The van der Waals surface area contributed by atoms with Crippen LogP contribution in [0.2, 0.25) is 5.02 Å². The molecular formula is C30H33ClN2O4. The summed E-state index contributed by atoms with van der Waals surface area (Å²) in [7, 11) is 1.61. The zero-order valence-corrected chi connectivity index (χ0v) is 22.4. The summed E-state index contributed by atoms with van der Waals surface area (Å²) in [6, 6.07) is 18.9. The number of nitrogens with zero attached hydrogens (tertiary/aromatic N) is 1. The van der Waals surface area contributed by atoms with E-state index in [0.29, 0.717) is 16.5 Å². The fourth-order valence-corrected chi connectivity index (χ4v) is 4.88. The van der Waals surface area contributed by atoms with Gasteiger partial charge in [-0.05, 0) is 77.9 Å². The third kappa shape index (κ3) is 5.75. The van der Waals surface area contributed by atoms with Crippen LogP contribution in [0.5, 0.6) is 11.5 Å². The Bertz CT molecular complexity index is 1270. The number of fused-ring (bicyclic) bond motifs is 1. The van der Waals surface area contributed by atoms with E-state index >= 15 is 0 Å². The van der Waals surface area contributed by atoms with Gasteiger partial charge in [0.05, 0.1) is 25.7 Å². The summed E-state index contributed by atoms with van der Waals surface area (Å²) >= 11 is 6.20. The minimum Gasteiger partial charge on any atom is -0.493 e. The van der Waals surface area contributed by atoms with Crippen LogP contribution in [0.1, 0.15) is 67.8 Å². The van der Waals surface area contributed by atoms with Crippen LogP contribution < -0.4 is 20.1 Å². The van der Waals surface area contributed by atoms with Crippen LogP contribution in [0, 0.1) is 0 Å². The molecule has 0 bridgehead atoms. The van der Waals surface area contributed by atoms with Crippen molar-refractivity contribution in [1.29, 1.82) is 0 Å². The first-order valence-corrected chi connectivity index (χ1v) is 12.9. The number of rotatable bonds is 9. The van der Waals surface area contributed by atoms with Crippen LogP contribution in [-0.2, 0) is 16.0 Å². The first-order valence-electron chi connectivity index (χ1n) is 12.5. The second kappa shape index (κ2) is 11.3. The van der Waals surface area contributed by atoms with Crippen molar-refractivity contribution in [2.24, 2.45) is 5.73 Å². The van der Waals surface area contributed by atoms with Gasteiger partial charge in [0.15, 0.2) is 11.5 Å². The normalized spacial score (nSPS) is 16.6. The van der Waals surface area contributed by atoms with Crippen molar-refractivity contribution < 1.29 is 19.1 Å². The van der Waals surface area contributed by atoms with E-state index in [9.17, 15) is 9.59 Å².